The summed E-state index contributed by atoms with van der Waals surface area (Å²) in [5.41, 5.74) is 0.781. The Hall–Kier alpha value is -2.28. The number of allylic oxidation sites excluding steroid dienone is 2. The average Bonchev–Trinajstić information content (AvgIpc) is 2.63. The van der Waals surface area contributed by atoms with E-state index < -0.39 is 26.5 Å². The molecule has 0 aliphatic carbocycles. The van der Waals surface area contributed by atoms with Gasteiger partial charge < -0.3 is 14.4 Å². The van der Waals surface area contributed by atoms with Crippen molar-refractivity contribution >= 4 is 15.7 Å². The summed E-state index contributed by atoms with van der Waals surface area (Å²) in [6.07, 6.45) is 3.09. The third-order valence-corrected chi connectivity index (χ3v) is 7.64. The molecule has 7 heteroatoms. The van der Waals surface area contributed by atoms with Crippen LogP contribution in [-0.4, -0.2) is 50.0 Å². The standard InChI is InChI=1S/C20H27NO5S/c1-6-10-20(11-7-2)19(22)21(15(3)14-27(20,23)24)13-16-8-9-17(25-4)12-18(16)26-5/h6-9,12,15H,1-2,10-11,13-14H2,3-5H3. The van der Waals surface area contributed by atoms with E-state index in [1.807, 2.05) is 6.07 Å². The first kappa shape index (κ1) is 21.0. The van der Waals surface area contributed by atoms with Crippen LogP contribution in [0.25, 0.3) is 0 Å². The predicted octanol–water partition coefficient (Wildman–Crippen LogP) is 2.74. The first-order valence-electron chi connectivity index (χ1n) is 8.72. The van der Waals surface area contributed by atoms with E-state index in [9.17, 15) is 13.2 Å². The summed E-state index contributed by atoms with van der Waals surface area (Å²) in [4.78, 5) is 15.0. The van der Waals surface area contributed by atoms with Crippen molar-refractivity contribution in [3.63, 3.8) is 0 Å². The molecule has 27 heavy (non-hydrogen) atoms. The lowest BCUT2D eigenvalue weighted by Gasteiger charge is -2.44. The number of nitrogens with zero attached hydrogens (tertiary/aromatic N) is 1. The maximum Gasteiger partial charge on any atom is 0.245 e. The van der Waals surface area contributed by atoms with Gasteiger partial charge in [0.25, 0.3) is 0 Å². The molecule has 1 heterocycles. The second-order valence-corrected chi connectivity index (χ2v) is 9.07. The molecule has 2 rings (SSSR count). The monoisotopic (exact) mass is 393 g/mol. The largest absolute Gasteiger partial charge is 0.497 e. The van der Waals surface area contributed by atoms with Crippen LogP contribution in [0, 0.1) is 0 Å². The molecule has 6 nitrogen and oxygen atoms in total. The number of carbonyl (C=O) groups excluding carboxylic acids is 1. The van der Waals surface area contributed by atoms with Crippen LogP contribution in [0.2, 0.25) is 0 Å². The maximum absolute atomic E-state index is 13.4. The molecule has 1 saturated heterocycles. The molecule has 0 radical (unpaired) electrons. The van der Waals surface area contributed by atoms with Crippen LogP contribution >= 0.6 is 0 Å². The van der Waals surface area contributed by atoms with Gasteiger partial charge in [0, 0.05) is 24.2 Å². The molecular formula is C20H27NO5S. The first-order valence-corrected chi connectivity index (χ1v) is 10.4. The second-order valence-electron chi connectivity index (χ2n) is 6.72. The summed E-state index contributed by atoms with van der Waals surface area (Å²) in [5.74, 6) is 0.711. The van der Waals surface area contributed by atoms with Gasteiger partial charge in [-0.1, -0.05) is 12.2 Å². The van der Waals surface area contributed by atoms with Gasteiger partial charge in [-0.2, -0.15) is 0 Å². The van der Waals surface area contributed by atoms with Crippen LogP contribution in [0.4, 0.5) is 0 Å². The highest BCUT2D eigenvalue weighted by Gasteiger charge is 2.55. The Bertz CT molecular complexity index is 821. The summed E-state index contributed by atoms with van der Waals surface area (Å²) >= 11 is 0. The minimum atomic E-state index is -3.64. The zero-order valence-corrected chi connectivity index (χ0v) is 16.9. The fourth-order valence-electron chi connectivity index (χ4n) is 3.53. The Labute approximate surface area is 161 Å². The Balaban J connectivity index is 2.47. The molecule has 0 saturated carbocycles. The van der Waals surface area contributed by atoms with Crippen molar-refractivity contribution in [3.8, 4) is 11.5 Å². The van der Waals surface area contributed by atoms with Gasteiger partial charge in [0.05, 0.1) is 20.0 Å². The maximum atomic E-state index is 13.4. The van der Waals surface area contributed by atoms with Crippen LogP contribution in [0.1, 0.15) is 25.3 Å². The van der Waals surface area contributed by atoms with Gasteiger partial charge >= 0.3 is 0 Å². The number of hydrogen-bond acceptors (Lipinski definition) is 5. The Morgan fingerprint density at radius 3 is 2.37 bits per heavy atom. The highest BCUT2D eigenvalue weighted by Crippen LogP contribution is 2.37. The Morgan fingerprint density at radius 1 is 1.22 bits per heavy atom. The van der Waals surface area contributed by atoms with E-state index in [-0.39, 0.29) is 25.1 Å². The first-order chi connectivity index (χ1) is 12.8. The minimum Gasteiger partial charge on any atom is -0.497 e. The number of benzene rings is 1. The summed E-state index contributed by atoms with van der Waals surface area (Å²) in [6.45, 7) is 9.30. The predicted molar refractivity (Wildman–Crippen MR) is 106 cm³/mol. The number of ether oxygens (including phenoxy) is 2. The average molecular weight is 394 g/mol. The third kappa shape index (κ3) is 3.74. The van der Waals surface area contributed by atoms with Crippen molar-refractivity contribution < 1.29 is 22.7 Å². The van der Waals surface area contributed by atoms with E-state index in [0.29, 0.717) is 11.5 Å². The molecule has 148 valence electrons. The van der Waals surface area contributed by atoms with Gasteiger partial charge in [-0.25, -0.2) is 8.42 Å². The molecule has 1 aliphatic rings. The quantitative estimate of drug-likeness (QED) is 0.635. The van der Waals surface area contributed by atoms with Crippen molar-refractivity contribution in [1.82, 2.24) is 4.90 Å². The molecule has 1 amide bonds. The van der Waals surface area contributed by atoms with Gasteiger partial charge in [0.1, 0.15) is 11.5 Å². The van der Waals surface area contributed by atoms with E-state index in [2.05, 4.69) is 13.2 Å². The highest BCUT2D eigenvalue weighted by atomic mass is 32.2. The molecule has 0 N–H and O–H groups in total. The van der Waals surface area contributed by atoms with Gasteiger partial charge in [-0.15, -0.1) is 13.2 Å². The zero-order valence-electron chi connectivity index (χ0n) is 16.1. The minimum absolute atomic E-state index is 0.0587. The molecule has 0 bridgehead atoms. The van der Waals surface area contributed by atoms with Crippen LogP contribution < -0.4 is 9.47 Å². The van der Waals surface area contributed by atoms with Gasteiger partial charge in [0.2, 0.25) is 5.91 Å². The molecular weight excluding hydrogens is 366 g/mol. The topological polar surface area (TPSA) is 72.9 Å². The van der Waals surface area contributed by atoms with Crippen molar-refractivity contribution in [1.29, 1.82) is 0 Å². The summed E-state index contributed by atoms with van der Waals surface area (Å²) in [5, 5.41) is 0. The van der Waals surface area contributed by atoms with Gasteiger partial charge in [-0.3, -0.25) is 4.79 Å². The van der Waals surface area contributed by atoms with Gasteiger partial charge in [-0.05, 0) is 31.9 Å². The highest BCUT2D eigenvalue weighted by molar-refractivity contribution is 7.93. The fraction of sp³-hybridized carbons (Fsp3) is 0.450. The second kappa shape index (κ2) is 8.17. The smallest absolute Gasteiger partial charge is 0.245 e. The molecule has 0 spiro atoms. The zero-order chi connectivity index (χ0) is 20.2. The lowest BCUT2D eigenvalue weighted by molar-refractivity contribution is -0.137. The lowest BCUT2D eigenvalue weighted by atomic mass is 9.96. The summed E-state index contributed by atoms with van der Waals surface area (Å²) < 4.78 is 34.9. The summed E-state index contributed by atoms with van der Waals surface area (Å²) in [6, 6.07) is 4.90. The molecule has 1 unspecified atom stereocenters. The number of rotatable bonds is 8. The summed E-state index contributed by atoms with van der Waals surface area (Å²) in [7, 11) is -0.535. The molecule has 1 aromatic carbocycles. The number of methoxy groups -OCH3 is 2. The fourth-order valence-corrected chi connectivity index (χ4v) is 5.79. The number of hydrogen-bond donors (Lipinski definition) is 0. The van der Waals surface area contributed by atoms with E-state index in [1.54, 1.807) is 38.2 Å². The number of carbonyl (C=O) groups is 1. The van der Waals surface area contributed by atoms with Crippen LogP contribution in [0.5, 0.6) is 11.5 Å². The molecule has 1 aliphatic heterocycles. The normalized spacial score (nSPS) is 20.8. The molecule has 1 aromatic rings. The number of amides is 1. The SMILES string of the molecule is C=CCC1(CC=C)C(=O)N(Cc2ccc(OC)cc2OC)C(C)CS1(=O)=O. The van der Waals surface area contributed by atoms with E-state index in [0.717, 1.165) is 5.56 Å². The van der Waals surface area contributed by atoms with E-state index in [4.69, 9.17) is 9.47 Å². The van der Waals surface area contributed by atoms with Crippen molar-refractivity contribution in [2.24, 2.45) is 0 Å². The molecule has 1 atom stereocenters. The Kier molecular flexibility index (Phi) is 6.36. The number of sulfone groups is 1. The van der Waals surface area contributed by atoms with E-state index >= 15 is 0 Å². The van der Waals surface area contributed by atoms with Crippen LogP contribution in [0.3, 0.4) is 0 Å². The van der Waals surface area contributed by atoms with Crippen LogP contribution in [0.15, 0.2) is 43.5 Å². The Morgan fingerprint density at radius 2 is 1.85 bits per heavy atom. The van der Waals surface area contributed by atoms with E-state index in [1.165, 1.54) is 12.2 Å². The van der Waals surface area contributed by atoms with Crippen molar-refractivity contribution in [3.05, 3.63) is 49.1 Å². The van der Waals surface area contributed by atoms with Gasteiger partial charge in [0.15, 0.2) is 14.6 Å². The van der Waals surface area contributed by atoms with Crippen LogP contribution in [-0.2, 0) is 21.2 Å². The lowest BCUT2D eigenvalue weighted by Crippen LogP contribution is -2.63. The third-order valence-electron chi connectivity index (χ3n) is 5.02. The molecule has 1 fully saturated rings. The van der Waals surface area contributed by atoms with Crippen molar-refractivity contribution in [2.45, 2.75) is 37.1 Å². The van der Waals surface area contributed by atoms with Crippen molar-refractivity contribution in [2.75, 3.05) is 20.0 Å². The molecule has 0 aromatic heterocycles.